The number of carbonyl (C=O) groups excluding carboxylic acids is 1. The van der Waals surface area contributed by atoms with Crippen molar-refractivity contribution in [1.82, 2.24) is 5.32 Å². The normalized spacial score (nSPS) is 13.6. The number of aliphatic hydroxyl groups is 2. The minimum atomic E-state index is -0.880. The largest absolute Gasteiger partial charge is 0.394 e. The van der Waals surface area contributed by atoms with E-state index in [9.17, 15) is 15.0 Å². The summed E-state index contributed by atoms with van der Waals surface area (Å²) in [5.74, 6) is -0.0921. The topological polar surface area (TPSA) is 69.6 Å². The van der Waals surface area contributed by atoms with E-state index < -0.39 is 12.1 Å². The van der Waals surface area contributed by atoms with Gasteiger partial charge in [-0.2, -0.15) is 0 Å². The van der Waals surface area contributed by atoms with Crippen molar-refractivity contribution in [2.75, 3.05) is 6.61 Å². The summed E-state index contributed by atoms with van der Waals surface area (Å²) in [6.45, 7) is 4.26. The Morgan fingerprint density at radius 3 is 1.20 bits per heavy atom. The van der Waals surface area contributed by atoms with Gasteiger partial charge in [0.05, 0.1) is 18.8 Å². The van der Waals surface area contributed by atoms with Crippen molar-refractivity contribution in [3.63, 3.8) is 0 Å². The third-order valence-electron chi connectivity index (χ3n) is 10.6. The molecule has 0 aliphatic heterocycles. The van der Waals surface area contributed by atoms with Gasteiger partial charge in [-0.1, -0.05) is 215 Å². The number of nitrogens with one attached hydrogen (secondary N) is 1. The van der Waals surface area contributed by atoms with Crippen LogP contribution in [0.4, 0.5) is 0 Å². The molecule has 0 aliphatic carbocycles. The molecule has 0 aromatic heterocycles. The Hall–Kier alpha value is -2.17. The second kappa shape index (κ2) is 47.2. The molecule has 4 nitrogen and oxygen atoms in total. The highest BCUT2D eigenvalue weighted by atomic mass is 16.3. The molecule has 0 aliphatic rings. The van der Waals surface area contributed by atoms with Crippen LogP contribution in [-0.2, 0) is 4.79 Å². The summed E-state index contributed by atoms with van der Waals surface area (Å²) >= 11 is 0. The van der Waals surface area contributed by atoms with Gasteiger partial charge >= 0.3 is 0 Å². The molecule has 0 saturated heterocycles. The molecule has 3 N–H and O–H groups in total. The van der Waals surface area contributed by atoms with Gasteiger partial charge in [0.1, 0.15) is 0 Å². The molecule has 0 rings (SSSR count). The van der Waals surface area contributed by atoms with E-state index in [0.717, 1.165) is 64.2 Å². The minimum Gasteiger partial charge on any atom is -0.394 e. The summed E-state index contributed by atoms with van der Waals surface area (Å²) in [5.41, 5.74) is 0. The average molecular weight is 780 g/mol. The number of aliphatic hydroxyl groups excluding tert-OH is 2. The van der Waals surface area contributed by atoms with E-state index in [2.05, 4.69) is 79.9 Å². The molecule has 0 saturated carbocycles. The maximum atomic E-state index is 12.4. The lowest BCUT2D eigenvalue weighted by molar-refractivity contribution is -0.123. The first kappa shape index (κ1) is 53.8. The first-order valence-corrected chi connectivity index (χ1v) is 24.2. The first-order chi connectivity index (χ1) is 27.7. The second-order valence-electron chi connectivity index (χ2n) is 16.2. The fourth-order valence-electron chi connectivity index (χ4n) is 6.92. The quantitative estimate of drug-likeness (QED) is 0.0426. The van der Waals surface area contributed by atoms with E-state index in [0.29, 0.717) is 6.42 Å². The predicted octanol–water partition coefficient (Wildman–Crippen LogP) is 15.5. The molecular weight excluding hydrogens is 687 g/mol. The smallest absolute Gasteiger partial charge is 0.220 e. The minimum absolute atomic E-state index is 0.0921. The zero-order valence-electron chi connectivity index (χ0n) is 37.1. The molecular formula is C52H93NO3. The van der Waals surface area contributed by atoms with Gasteiger partial charge < -0.3 is 15.5 Å². The number of unbranched alkanes of at least 4 members (excludes halogenated alkanes) is 26. The van der Waals surface area contributed by atoms with Crippen molar-refractivity contribution in [2.45, 2.75) is 244 Å². The van der Waals surface area contributed by atoms with Gasteiger partial charge in [0, 0.05) is 6.42 Å². The fourth-order valence-corrected chi connectivity index (χ4v) is 6.92. The van der Waals surface area contributed by atoms with Crippen LogP contribution in [-0.4, -0.2) is 34.9 Å². The number of rotatable bonds is 43. The van der Waals surface area contributed by atoms with Crippen molar-refractivity contribution in [3.8, 4) is 0 Å². The van der Waals surface area contributed by atoms with Crippen molar-refractivity contribution < 1.29 is 15.0 Å². The zero-order chi connectivity index (χ0) is 40.7. The van der Waals surface area contributed by atoms with Gasteiger partial charge in [-0.05, 0) is 83.5 Å². The van der Waals surface area contributed by atoms with Gasteiger partial charge in [0.2, 0.25) is 5.91 Å². The summed E-state index contributed by atoms with van der Waals surface area (Å²) in [6.07, 6.45) is 67.4. The average Bonchev–Trinajstić information content (AvgIpc) is 3.20. The van der Waals surface area contributed by atoms with E-state index in [1.165, 1.54) is 148 Å². The van der Waals surface area contributed by atoms with Crippen LogP contribution in [0.5, 0.6) is 0 Å². The molecule has 0 radical (unpaired) electrons. The molecule has 0 heterocycles. The number of hydrogen-bond acceptors (Lipinski definition) is 3. The van der Waals surface area contributed by atoms with Crippen LogP contribution in [0, 0.1) is 0 Å². The summed E-state index contributed by atoms with van der Waals surface area (Å²) in [6, 6.07) is -0.656. The Labute approximate surface area is 349 Å². The van der Waals surface area contributed by atoms with Crippen LogP contribution in [0.2, 0.25) is 0 Å². The standard InChI is InChI=1S/C52H93NO3/c1-3-5-7-9-11-13-15-17-19-21-23-24-25-26-27-28-30-31-33-35-37-39-41-43-45-47-51(55)50(49-54)53-52(56)48-46-44-42-40-38-36-34-32-29-22-20-18-16-14-12-10-8-6-4-2/h12,14,18,20,29-32,37,39,45,47,50-51,54-55H,3-11,13,15-17,19,21-28,33-36,38,40-44,46,48-49H2,1-2H3,(H,53,56)/b14-12-,20-18-,31-30+,32-29-,39-37+,47-45+. The highest BCUT2D eigenvalue weighted by Crippen LogP contribution is 2.14. The van der Waals surface area contributed by atoms with Crippen molar-refractivity contribution in [3.05, 3.63) is 72.9 Å². The maximum absolute atomic E-state index is 12.4. The van der Waals surface area contributed by atoms with Gasteiger partial charge in [-0.25, -0.2) is 0 Å². The molecule has 0 aromatic rings. The molecule has 1 amide bonds. The second-order valence-corrected chi connectivity index (χ2v) is 16.2. The van der Waals surface area contributed by atoms with E-state index in [-0.39, 0.29) is 12.5 Å². The van der Waals surface area contributed by atoms with Gasteiger partial charge in [0.25, 0.3) is 0 Å². The van der Waals surface area contributed by atoms with Crippen LogP contribution in [0.25, 0.3) is 0 Å². The number of carbonyl (C=O) groups is 1. The third-order valence-corrected chi connectivity index (χ3v) is 10.6. The summed E-state index contributed by atoms with van der Waals surface area (Å²) in [7, 11) is 0. The number of hydrogen-bond donors (Lipinski definition) is 3. The monoisotopic (exact) mass is 780 g/mol. The molecule has 2 atom stereocenters. The Morgan fingerprint density at radius 2 is 0.750 bits per heavy atom. The van der Waals surface area contributed by atoms with E-state index in [4.69, 9.17) is 0 Å². The molecule has 56 heavy (non-hydrogen) atoms. The molecule has 0 fully saturated rings. The molecule has 0 spiro atoms. The highest BCUT2D eigenvalue weighted by molar-refractivity contribution is 5.76. The van der Waals surface area contributed by atoms with Gasteiger partial charge in [0.15, 0.2) is 0 Å². The SMILES string of the molecule is CCCCC/C=C\C/C=C\C/C=C\CCCCCCCCC(=O)NC(CO)C(O)/C=C/CC/C=C/CC/C=C/CCCCCCCCCCCCCCCCC. The Morgan fingerprint density at radius 1 is 0.429 bits per heavy atom. The summed E-state index contributed by atoms with van der Waals surface area (Å²) in [4.78, 5) is 12.4. The lowest BCUT2D eigenvalue weighted by atomic mass is 10.0. The molecule has 0 aromatic carbocycles. The lowest BCUT2D eigenvalue weighted by Crippen LogP contribution is -2.45. The number of amides is 1. The number of allylic oxidation sites excluding steroid dienone is 11. The molecule has 324 valence electrons. The predicted molar refractivity (Wildman–Crippen MR) is 248 cm³/mol. The van der Waals surface area contributed by atoms with Crippen LogP contribution < -0.4 is 5.32 Å². The summed E-state index contributed by atoms with van der Waals surface area (Å²) < 4.78 is 0. The van der Waals surface area contributed by atoms with Crippen molar-refractivity contribution >= 4 is 5.91 Å². The maximum Gasteiger partial charge on any atom is 0.220 e. The third kappa shape index (κ3) is 43.0. The van der Waals surface area contributed by atoms with Gasteiger partial charge in [-0.15, -0.1) is 0 Å². The van der Waals surface area contributed by atoms with E-state index in [1.807, 2.05) is 6.08 Å². The first-order valence-electron chi connectivity index (χ1n) is 24.2. The summed E-state index contributed by atoms with van der Waals surface area (Å²) in [5, 5.41) is 23.0. The van der Waals surface area contributed by atoms with Crippen LogP contribution in [0.3, 0.4) is 0 Å². The fraction of sp³-hybridized carbons (Fsp3) is 0.750. The zero-order valence-corrected chi connectivity index (χ0v) is 37.1. The van der Waals surface area contributed by atoms with E-state index >= 15 is 0 Å². The Balaban J connectivity index is 3.66. The Bertz CT molecular complexity index is 977. The van der Waals surface area contributed by atoms with Crippen LogP contribution >= 0.6 is 0 Å². The molecule has 0 bridgehead atoms. The van der Waals surface area contributed by atoms with Crippen molar-refractivity contribution in [1.29, 1.82) is 0 Å². The van der Waals surface area contributed by atoms with Crippen molar-refractivity contribution in [2.24, 2.45) is 0 Å². The molecule has 2 unspecified atom stereocenters. The van der Waals surface area contributed by atoms with Gasteiger partial charge in [-0.3, -0.25) is 4.79 Å². The Kier molecular flexibility index (Phi) is 45.4. The molecule has 4 heteroatoms. The van der Waals surface area contributed by atoms with Crippen LogP contribution in [0.15, 0.2) is 72.9 Å². The lowest BCUT2D eigenvalue weighted by Gasteiger charge is -2.19. The van der Waals surface area contributed by atoms with E-state index in [1.54, 1.807) is 6.08 Å². The van der Waals surface area contributed by atoms with Crippen LogP contribution in [0.1, 0.15) is 232 Å². The highest BCUT2D eigenvalue weighted by Gasteiger charge is 2.17.